The number of nitrogens with one attached hydrogen (secondary N) is 3. The second kappa shape index (κ2) is 12.1. The number of rotatable bonds is 11. The van der Waals surface area contributed by atoms with E-state index in [9.17, 15) is 14.0 Å². The van der Waals surface area contributed by atoms with Crippen LogP contribution in [0.1, 0.15) is 25.5 Å². The van der Waals surface area contributed by atoms with Crippen LogP contribution in [0.15, 0.2) is 36.5 Å². The molecule has 2 aromatic heterocycles. The molecule has 3 aromatic rings. The van der Waals surface area contributed by atoms with E-state index in [2.05, 4.69) is 30.6 Å². The molecular weight excluding hydrogens is 499 g/mol. The monoisotopic (exact) mass is 528 g/mol. The predicted octanol–water partition coefficient (Wildman–Crippen LogP) is 2.37. The summed E-state index contributed by atoms with van der Waals surface area (Å²) in [5, 5.41) is 14.4. The number of aromatic amines is 1. The van der Waals surface area contributed by atoms with Crippen molar-refractivity contribution in [2.24, 2.45) is 5.41 Å². The van der Waals surface area contributed by atoms with Gasteiger partial charge in [-0.25, -0.2) is 19.3 Å². The first-order valence-electron chi connectivity index (χ1n) is 11.9. The van der Waals surface area contributed by atoms with Gasteiger partial charge in [-0.3, -0.25) is 9.59 Å². The third kappa shape index (κ3) is 6.49. The second-order valence-corrected chi connectivity index (χ2v) is 8.98. The molecule has 13 heteroatoms. The van der Waals surface area contributed by atoms with Crippen molar-refractivity contribution in [2.45, 2.75) is 19.6 Å². The fourth-order valence-electron chi connectivity index (χ4n) is 3.77. The molecule has 1 fully saturated rings. The summed E-state index contributed by atoms with van der Waals surface area (Å²) in [5.41, 5.74) is 1.08. The van der Waals surface area contributed by atoms with Crippen molar-refractivity contribution < 1.29 is 33.3 Å². The molecule has 3 heterocycles. The van der Waals surface area contributed by atoms with Gasteiger partial charge >= 0.3 is 5.97 Å². The number of H-pyrrole nitrogens is 1. The molecule has 38 heavy (non-hydrogen) atoms. The molecule has 0 atom stereocenters. The molecule has 1 saturated heterocycles. The van der Waals surface area contributed by atoms with Crippen molar-refractivity contribution >= 4 is 17.8 Å². The number of benzene rings is 1. The number of hydrogen-bond acceptors (Lipinski definition) is 9. The van der Waals surface area contributed by atoms with Gasteiger partial charge < -0.3 is 34.9 Å². The van der Waals surface area contributed by atoms with E-state index < -0.39 is 23.5 Å². The van der Waals surface area contributed by atoms with Crippen molar-refractivity contribution in [2.75, 3.05) is 45.3 Å². The molecule has 1 aliphatic heterocycles. The van der Waals surface area contributed by atoms with Crippen LogP contribution in [0.5, 0.6) is 0 Å². The summed E-state index contributed by atoms with van der Waals surface area (Å²) in [6, 6.07) is 7.42. The Labute approximate surface area is 218 Å². The predicted molar refractivity (Wildman–Crippen MR) is 133 cm³/mol. The first-order chi connectivity index (χ1) is 18.3. The number of hydrogen-bond donors (Lipinski definition) is 4. The lowest BCUT2D eigenvalue weighted by Gasteiger charge is -2.35. The molecule has 1 aromatic carbocycles. The van der Waals surface area contributed by atoms with Crippen molar-refractivity contribution in [1.82, 2.24) is 25.3 Å². The Morgan fingerprint density at radius 2 is 1.95 bits per heavy atom. The van der Waals surface area contributed by atoms with E-state index in [0.717, 1.165) is 0 Å². The summed E-state index contributed by atoms with van der Waals surface area (Å²) in [5.74, 6) is -1.19. The van der Waals surface area contributed by atoms with Crippen LogP contribution in [-0.2, 0) is 23.8 Å². The van der Waals surface area contributed by atoms with Crippen molar-refractivity contribution in [3.8, 4) is 22.6 Å². The topological polar surface area (TPSA) is 161 Å². The number of aromatic nitrogens is 4. The Hall–Kier alpha value is -3.94. The van der Waals surface area contributed by atoms with Crippen LogP contribution in [-0.4, -0.2) is 76.9 Å². The number of nitrogens with zero attached hydrogens (tertiary/aromatic N) is 3. The zero-order valence-corrected chi connectivity index (χ0v) is 21.0. The van der Waals surface area contributed by atoms with Crippen molar-refractivity contribution in [3.05, 3.63) is 48.2 Å². The van der Waals surface area contributed by atoms with Gasteiger partial charge in [-0.15, -0.1) is 0 Å². The zero-order valence-electron chi connectivity index (χ0n) is 21.0. The highest BCUT2D eigenvalue weighted by molar-refractivity contribution is 5.82. The van der Waals surface area contributed by atoms with E-state index in [-0.39, 0.29) is 31.6 Å². The van der Waals surface area contributed by atoms with Gasteiger partial charge in [0.15, 0.2) is 5.82 Å². The van der Waals surface area contributed by atoms with Crippen molar-refractivity contribution in [1.29, 1.82) is 0 Å². The van der Waals surface area contributed by atoms with E-state index >= 15 is 0 Å². The number of methoxy groups -OCH3 is 1. The molecule has 1 aliphatic rings. The minimum Gasteiger partial charge on any atom is -0.480 e. The molecule has 0 spiro atoms. The van der Waals surface area contributed by atoms with Crippen LogP contribution >= 0.6 is 0 Å². The molecule has 0 radical (unpaired) electrons. The van der Waals surface area contributed by atoms with E-state index in [1.54, 1.807) is 32.2 Å². The minimum atomic E-state index is -1.06. The number of carbonyl (C=O) groups excluding carboxylic acids is 1. The maximum absolute atomic E-state index is 13.6. The SMILES string of the molecule is COCCCNC(=O)C1(C)COC(c2nc(-c3ccc(F)cc3)c(-c3ccnc(NCC(=O)O)n3)[nH]2)OC1. The molecule has 0 bridgehead atoms. The Balaban J connectivity index is 1.56. The number of anilines is 1. The van der Waals surface area contributed by atoms with Gasteiger partial charge in [0.05, 0.1) is 35.7 Å². The van der Waals surface area contributed by atoms with Gasteiger partial charge in [-0.2, -0.15) is 0 Å². The van der Waals surface area contributed by atoms with Crippen LogP contribution < -0.4 is 10.6 Å². The zero-order chi connectivity index (χ0) is 27.1. The fourth-order valence-corrected chi connectivity index (χ4v) is 3.77. The highest BCUT2D eigenvalue weighted by atomic mass is 19.1. The largest absolute Gasteiger partial charge is 0.480 e. The summed E-state index contributed by atoms with van der Waals surface area (Å²) in [7, 11) is 1.60. The van der Waals surface area contributed by atoms with E-state index in [1.807, 2.05) is 0 Å². The van der Waals surface area contributed by atoms with E-state index in [0.29, 0.717) is 48.0 Å². The lowest BCUT2D eigenvalue weighted by molar-refractivity contribution is -0.231. The Bertz CT molecular complexity index is 1260. The number of amides is 1. The average Bonchev–Trinajstić information content (AvgIpc) is 3.36. The van der Waals surface area contributed by atoms with Crippen LogP contribution in [0.3, 0.4) is 0 Å². The average molecular weight is 529 g/mol. The van der Waals surface area contributed by atoms with Gasteiger partial charge in [0.1, 0.15) is 12.4 Å². The molecular formula is C25H29FN6O6. The quantitative estimate of drug-likeness (QED) is 0.272. The van der Waals surface area contributed by atoms with Gasteiger partial charge in [-0.1, -0.05) is 0 Å². The summed E-state index contributed by atoms with van der Waals surface area (Å²) < 4.78 is 30.4. The number of carboxylic acids is 1. The first-order valence-corrected chi connectivity index (χ1v) is 11.9. The molecule has 4 N–H and O–H groups in total. The number of carbonyl (C=O) groups is 2. The van der Waals surface area contributed by atoms with Gasteiger partial charge in [0.2, 0.25) is 18.1 Å². The Morgan fingerprint density at radius 1 is 1.21 bits per heavy atom. The summed E-state index contributed by atoms with van der Waals surface area (Å²) in [4.78, 5) is 39.9. The smallest absolute Gasteiger partial charge is 0.322 e. The third-order valence-corrected chi connectivity index (χ3v) is 5.84. The third-order valence-electron chi connectivity index (χ3n) is 5.84. The summed E-state index contributed by atoms with van der Waals surface area (Å²) in [6.45, 7) is 2.64. The highest BCUT2D eigenvalue weighted by Gasteiger charge is 2.40. The maximum Gasteiger partial charge on any atom is 0.322 e. The number of imidazole rings is 1. The molecule has 202 valence electrons. The molecule has 0 saturated carbocycles. The number of carboxylic acid groups (broad SMARTS) is 1. The number of halogens is 1. The van der Waals surface area contributed by atoms with Crippen LogP contribution in [0.4, 0.5) is 10.3 Å². The second-order valence-electron chi connectivity index (χ2n) is 8.98. The Kier molecular flexibility index (Phi) is 8.61. The lowest BCUT2D eigenvalue weighted by atomic mass is 9.91. The maximum atomic E-state index is 13.6. The molecule has 0 unspecified atom stereocenters. The molecule has 1 amide bonds. The van der Waals surface area contributed by atoms with Crippen LogP contribution in [0.2, 0.25) is 0 Å². The van der Waals surface area contributed by atoms with Crippen LogP contribution in [0, 0.1) is 11.2 Å². The van der Waals surface area contributed by atoms with Crippen molar-refractivity contribution in [3.63, 3.8) is 0 Å². The molecule has 12 nitrogen and oxygen atoms in total. The standard InChI is InChI=1S/C25H29FN6O6/c1-25(23(35)27-9-3-11-36-2)13-37-22(38-14-25)21-31-19(15-4-6-16(26)7-5-15)20(32-21)17-8-10-28-24(30-17)29-12-18(33)34/h4-8,10,22H,3,9,11-14H2,1-2H3,(H,27,35)(H,31,32)(H,33,34)(H,28,29,30). The Morgan fingerprint density at radius 3 is 2.63 bits per heavy atom. The normalized spacial score (nSPS) is 19.2. The highest BCUT2D eigenvalue weighted by Crippen LogP contribution is 2.35. The molecule has 0 aliphatic carbocycles. The lowest BCUT2D eigenvalue weighted by Crippen LogP contribution is -2.48. The summed E-state index contributed by atoms with van der Waals surface area (Å²) >= 11 is 0. The minimum absolute atomic E-state index is 0.104. The fraction of sp³-hybridized carbons (Fsp3) is 0.400. The number of aliphatic carboxylic acids is 1. The molecule has 4 rings (SSSR count). The van der Waals surface area contributed by atoms with Gasteiger partial charge in [0, 0.05) is 32.0 Å². The van der Waals surface area contributed by atoms with E-state index in [4.69, 9.17) is 19.3 Å². The van der Waals surface area contributed by atoms with Gasteiger partial charge in [0.25, 0.3) is 0 Å². The van der Waals surface area contributed by atoms with Crippen LogP contribution in [0.25, 0.3) is 22.6 Å². The van der Waals surface area contributed by atoms with Gasteiger partial charge in [-0.05, 0) is 43.7 Å². The number of ether oxygens (including phenoxy) is 3. The first kappa shape index (κ1) is 27.1. The van der Waals surface area contributed by atoms with E-state index in [1.165, 1.54) is 18.3 Å². The summed E-state index contributed by atoms with van der Waals surface area (Å²) in [6.07, 6.45) is 1.29.